The van der Waals surface area contributed by atoms with Gasteiger partial charge in [0.1, 0.15) is 12.4 Å². The lowest BCUT2D eigenvalue weighted by molar-refractivity contribution is 0.261. The summed E-state index contributed by atoms with van der Waals surface area (Å²) >= 11 is 0. The molecule has 0 heterocycles. The maximum atomic E-state index is 5.53. The zero-order chi connectivity index (χ0) is 9.68. The highest BCUT2D eigenvalue weighted by Crippen LogP contribution is 2.10. The second-order valence-corrected chi connectivity index (χ2v) is 3.46. The van der Waals surface area contributed by atoms with Crippen molar-refractivity contribution in [3.63, 3.8) is 0 Å². The van der Waals surface area contributed by atoms with Gasteiger partial charge in [-0.15, -0.1) is 0 Å². The van der Waals surface area contributed by atoms with Crippen LogP contribution in [0.4, 0.5) is 0 Å². The average molecular weight is 179 g/mol. The average Bonchev–Trinajstić information content (AvgIpc) is 2.08. The molecule has 1 aromatic rings. The third kappa shape index (κ3) is 3.95. The Kier molecular flexibility index (Phi) is 3.77. The fourth-order valence-electron chi connectivity index (χ4n) is 0.981. The highest BCUT2D eigenvalue weighted by atomic mass is 16.5. The lowest BCUT2D eigenvalue weighted by Gasteiger charge is -2.10. The van der Waals surface area contributed by atoms with Crippen LogP contribution in [0.3, 0.4) is 0 Å². The van der Waals surface area contributed by atoms with E-state index in [1.54, 1.807) is 0 Å². The van der Waals surface area contributed by atoms with Gasteiger partial charge in [-0.1, -0.05) is 17.7 Å². The highest BCUT2D eigenvalue weighted by Gasteiger charge is 1.93. The van der Waals surface area contributed by atoms with E-state index in [0.717, 1.165) is 18.9 Å². The number of nitrogens with zero attached hydrogens (tertiary/aromatic N) is 1. The van der Waals surface area contributed by atoms with Crippen LogP contribution in [0.1, 0.15) is 5.56 Å². The minimum atomic E-state index is 0.746. The predicted molar refractivity (Wildman–Crippen MR) is 55.2 cm³/mol. The summed E-state index contributed by atoms with van der Waals surface area (Å²) in [7, 11) is 4.08. The lowest BCUT2D eigenvalue weighted by atomic mass is 10.2. The van der Waals surface area contributed by atoms with Crippen molar-refractivity contribution in [2.24, 2.45) is 0 Å². The summed E-state index contributed by atoms with van der Waals surface area (Å²) in [5.74, 6) is 0.951. The van der Waals surface area contributed by atoms with Gasteiger partial charge in [0.25, 0.3) is 0 Å². The van der Waals surface area contributed by atoms with E-state index in [4.69, 9.17) is 4.74 Å². The molecular weight excluding hydrogens is 162 g/mol. The van der Waals surface area contributed by atoms with Gasteiger partial charge >= 0.3 is 0 Å². The van der Waals surface area contributed by atoms with E-state index in [1.807, 2.05) is 26.2 Å². The Bertz CT molecular complexity index is 241. The van der Waals surface area contributed by atoms with Gasteiger partial charge in [-0.05, 0) is 33.2 Å². The summed E-state index contributed by atoms with van der Waals surface area (Å²) in [5.41, 5.74) is 1.26. The SMILES string of the molecule is Cc1ccc(OCCN(C)C)cc1. The summed E-state index contributed by atoms with van der Waals surface area (Å²) in [6.45, 7) is 3.77. The van der Waals surface area contributed by atoms with Crippen LogP contribution in [0.15, 0.2) is 24.3 Å². The molecule has 0 fully saturated rings. The summed E-state index contributed by atoms with van der Waals surface area (Å²) in [5, 5.41) is 0. The Labute approximate surface area is 80.1 Å². The number of aryl methyl sites for hydroxylation is 1. The molecular formula is C11H17NO. The molecule has 0 aliphatic rings. The first-order valence-corrected chi connectivity index (χ1v) is 4.52. The molecule has 2 nitrogen and oxygen atoms in total. The molecule has 0 bridgehead atoms. The van der Waals surface area contributed by atoms with Crippen LogP contribution >= 0.6 is 0 Å². The van der Waals surface area contributed by atoms with Crippen LogP contribution in [0.2, 0.25) is 0 Å². The number of hydrogen-bond donors (Lipinski definition) is 0. The summed E-state index contributed by atoms with van der Waals surface area (Å²) < 4.78 is 5.53. The van der Waals surface area contributed by atoms with Crippen LogP contribution < -0.4 is 4.74 Å². The second kappa shape index (κ2) is 4.87. The van der Waals surface area contributed by atoms with Crippen LogP contribution in [0.25, 0.3) is 0 Å². The molecule has 0 saturated heterocycles. The topological polar surface area (TPSA) is 12.5 Å². The predicted octanol–water partition coefficient (Wildman–Crippen LogP) is 1.94. The summed E-state index contributed by atoms with van der Waals surface area (Å²) in [6, 6.07) is 8.13. The van der Waals surface area contributed by atoms with Gasteiger partial charge in [0.2, 0.25) is 0 Å². The number of rotatable bonds is 4. The van der Waals surface area contributed by atoms with Gasteiger partial charge in [0, 0.05) is 6.54 Å². The van der Waals surface area contributed by atoms with Gasteiger partial charge in [-0.2, -0.15) is 0 Å². The third-order valence-corrected chi connectivity index (χ3v) is 1.83. The van der Waals surface area contributed by atoms with Crippen molar-refractivity contribution in [2.75, 3.05) is 27.2 Å². The first-order valence-electron chi connectivity index (χ1n) is 4.52. The maximum Gasteiger partial charge on any atom is 0.119 e. The second-order valence-electron chi connectivity index (χ2n) is 3.46. The Morgan fingerprint density at radius 3 is 2.31 bits per heavy atom. The zero-order valence-electron chi connectivity index (χ0n) is 8.58. The molecule has 0 radical (unpaired) electrons. The number of ether oxygens (including phenoxy) is 1. The Balaban J connectivity index is 2.33. The fraction of sp³-hybridized carbons (Fsp3) is 0.455. The molecule has 0 aliphatic heterocycles. The maximum absolute atomic E-state index is 5.53. The summed E-state index contributed by atoms with van der Waals surface area (Å²) in [4.78, 5) is 2.11. The molecule has 0 atom stereocenters. The third-order valence-electron chi connectivity index (χ3n) is 1.83. The lowest BCUT2D eigenvalue weighted by Crippen LogP contribution is -2.19. The molecule has 0 aromatic heterocycles. The smallest absolute Gasteiger partial charge is 0.119 e. The number of hydrogen-bond acceptors (Lipinski definition) is 2. The molecule has 0 aliphatic carbocycles. The van der Waals surface area contributed by atoms with Crippen molar-refractivity contribution in [1.29, 1.82) is 0 Å². The van der Waals surface area contributed by atoms with Gasteiger partial charge in [0.15, 0.2) is 0 Å². The molecule has 0 saturated carbocycles. The van der Waals surface area contributed by atoms with Gasteiger partial charge in [0.05, 0.1) is 0 Å². The van der Waals surface area contributed by atoms with Crippen molar-refractivity contribution in [3.05, 3.63) is 29.8 Å². The molecule has 1 rings (SSSR count). The van der Waals surface area contributed by atoms with Crippen LogP contribution in [-0.2, 0) is 0 Å². The largest absolute Gasteiger partial charge is 0.492 e. The Morgan fingerprint density at radius 2 is 1.77 bits per heavy atom. The van der Waals surface area contributed by atoms with E-state index in [9.17, 15) is 0 Å². The van der Waals surface area contributed by atoms with Crippen molar-refractivity contribution >= 4 is 0 Å². The molecule has 1 aromatic carbocycles. The van der Waals surface area contributed by atoms with Crippen LogP contribution in [0.5, 0.6) is 5.75 Å². The van der Waals surface area contributed by atoms with E-state index in [2.05, 4.69) is 24.0 Å². The minimum absolute atomic E-state index is 0.746. The summed E-state index contributed by atoms with van der Waals surface area (Å²) in [6.07, 6.45) is 0. The van der Waals surface area contributed by atoms with E-state index < -0.39 is 0 Å². The number of likely N-dealkylation sites (N-methyl/N-ethyl adjacent to an activating group) is 1. The van der Waals surface area contributed by atoms with Gasteiger partial charge < -0.3 is 9.64 Å². The molecule has 0 N–H and O–H groups in total. The zero-order valence-corrected chi connectivity index (χ0v) is 8.58. The standard InChI is InChI=1S/C11H17NO/c1-10-4-6-11(7-5-10)13-9-8-12(2)3/h4-7H,8-9H2,1-3H3. The fourth-order valence-corrected chi connectivity index (χ4v) is 0.981. The molecule has 2 heteroatoms. The van der Waals surface area contributed by atoms with Crippen molar-refractivity contribution < 1.29 is 4.74 Å². The van der Waals surface area contributed by atoms with Gasteiger partial charge in [-0.25, -0.2) is 0 Å². The van der Waals surface area contributed by atoms with Crippen LogP contribution in [0, 0.1) is 6.92 Å². The number of benzene rings is 1. The first-order chi connectivity index (χ1) is 6.18. The molecule has 72 valence electrons. The quantitative estimate of drug-likeness (QED) is 0.700. The van der Waals surface area contributed by atoms with E-state index >= 15 is 0 Å². The van der Waals surface area contributed by atoms with Crippen molar-refractivity contribution in [1.82, 2.24) is 4.90 Å². The normalized spacial score (nSPS) is 10.5. The monoisotopic (exact) mass is 179 g/mol. The minimum Gasteiger partial charge on any atom is -0.492 e. The van der Waals surface area contributed by atoms with Gasteiger partial charge in [-0.3, -0.25) is 0 Å². The Morgan fingerprint density at radius 1 is 1.15 bits per heavy atom. The van der Waals surface area contributed by atoms with Crippen molar-refractivity contribution in [2.45, 2.75) is 6.92 Å². The molecule has 0 amide bonds. The van der Waals surface area contributed by atoms with E-state index in [0.29, 0.717) is 0 Å². The van der Waals surface area contributed by atoms with E-state index in [-0.39, 0.29) is 0 Å². The highest BCUT2D eigenvalue weighted by molar-refractivity contribution is 5.26. The van der Waals surface area contributed by atoms with Crippen LogP contribution in [-0.4, -0.2) is 32.1 Å². The Hall–Kier alpha value is -1.02. The molecule has 0 unspecified atom stereocenters. The molecule has 0 spiro atoms. The van der Waals surface area contributed by atoms with Crippen molar-refractivity contribution in [3.8, 4) is 5.75 Å². The van der Waals surface area contributed by atoms with E-state index in [1.165, 1.54) is 5.56 Å². The molecule has 13 heavy (non-hydrogen) atoms. The first kappa shape index (κ1) is 10.1.